The lowest BCUT2D eigenvalue weighted by Gasteiger charge is -2.23. The normalized spacial score (nSPS) is 57.6. The van der Waals surface area contributed by atoms with Crippen molar-refractivity contribution in [3.63, 3.8) is 0 Å². The molecule has 2 saturated heterocycles. The van der Waals surface area contributed by atoms with Crippen molar-refractivity contribution in [3.8, 4) is 0 Å². The minimum Gasteiger partial charge on any atom is -0.373 e. The van der Waals surface area contributed by atoms with Crippen LogP contribution in [0.4, 0.5) is 0 Å². The molecule has 2 unspecified atom stereocenters. The third kappa shape index (κ3) is 0.523. The number of piperidine rings is 1. The van der Waals surface area contributed by atoms with E-state index in [4.69, 9.17) is 4.74 Å². The molecule has 2 heterocycles. The molecule has 1 N–H and O–H groups in total. The van der Waals surface area contributed by atoms with Crippen LogP contribution in [0.5, 0.6) is 0 Å². The van der Waals surface area contributed by atoms with Crippen molar-refractivity contribution >= 4 is 0 Å². The summed E-state index contributed by atoms with van der Waals surface area (Å²) in [6.45, 7) is 2.13. The third-order valence-corrected chi connectivity index (χ3v) is 3.26. The van der Waals surface area contributed by atoms with Crippen LogP contribution in [0, 0.1) is 5.92 Å². The van der Waals surface area contributed by atoms with E-state index in [1.807, 2.05) is 0 Å². The van der Waals surface area contributed by atoms with E-state index in [9.17, 15) is 0 Å². The first-order valence-electron chi connectivity index (χ1n) is 4.28. The highest BCUT2D eigenvalue weighted by molar-refractivity contribution is 5.14. The Morgan fingerprint density at radius 3 is 3.00 bits per heavy atom. The van der Waals surface area contributed by atoms with Crippen molar-refractivity contribution in [2.45, 2.75) is 30.9 Å². The highest BCUT2D eigenvalue weighted by Crippen LogP contribution is 2.51. The van der Waals surface area contributed by atoms with Gasteiger partial charge in [0.2, 0.25) is 0 Å². The van der Waals surface area contributed by atoms with Gasteiger partial charge in [-0.3, -0.25) is 0 Å². The second-order valence-electron chi connectivity index (χ2n) is 3.85. The zero-order chi connectivity index (χ0) is 6.60. The van der Waals surface area contributed by atoms with Crippen LogP contribution in [0.3, 0.4) is 0 Å². The number of hydrogen-bond acceptors (Lipinski definition) is 2. The van der Waals surface area contributed by atoms with E-state index >= 15 is 0 Å². The van der Waals surface area contributed by atoms with Crippen molar-refractivity contribution in [1.29, 1.82) is 0 Å². The topological polar surface area (TPSA) is 21.3 Å². The molecule has 2 nitrogen and oxygen atoms in total. The van der Waals surface area contributed by atoms with Crippen molar-refractivity contribution in [3.05, 3.63) is 0 Å². The second-order valence-corrected chi connectivity index (χ2v) is 3.85. The van der Waals surface area contributed by atoms with Crippen LogP contribution < -0.4 is 5.32 Å². The van der Waals surface area contributed by atoms with E-state index in [-0.39, 0.29) is 0 Å². The van der Waals surface area contributed by atoms with Gasteiger partial charge >= 0.3 is 0 Å². The Hall–Kier alpha value is -0.0800. The molecule has 0 aromatic carbocycles. The highest BCUT2D eigenvalue weighted by Gasteiger charge is 2.59. The fourth-order valence-electron chi connectivity index (χ4n) is 2.59. The largest absolute Gasteiger partial charge is 0.373 e. The average Bonchev–Trinajstić information content (AvgIpc) is 2.49. The van der Waals surface area contributed by atoms with Crippen LogP contribution in [-0.4, -0.2) is 24.8 Å². The molecule has 1 saturated carbocycles. The van der Waals surface area contributed by atoms with Crippen LogP contribution in [0.15, 0.2) is 0 Å². The summed E-state index contributed by atoms with van der Waals surface area (Å²) in [6, 6.07) is 0.832. The van der Waals surface area contributed by atoms with Crippen molar-refractivity contribution in [1.82, 2.24) is 5.32 Å². The Kier molecular flexibility index (Phi) is 0.868. The molecule has 0 bridgehead atoms. The lowest BCUT2D eigenvalue weighted by molar-refractivity contribution is 0.00245. The first-order valence-corrected chi connectivity index (χ1v) is 4.28. The van der Waals surface area contributed by atoms with Gasteiger partial charge in [-0.2, -0.15) is 0 Å². The molecule has 2 aliphatic heterocycles. The molecule has 1 aliphatic carbocycles. The molecular weight excluding hydrogens is 126 g/mol. The van der Waals surface area contributed by atoms with E-state index in [1.165, 1.54) is 19.3 Å². The van der Waals surface area contributed by atoms with Gasteiger partial charge in [0, 0.05) is 25.1 Å². The first-order chi connectivity index (χ1) is 4.91. The number of rotatable bonds is 0. The lowest BCUT2D eigenvalue weighted by Crippen LogP contribution is -2.35. The van der Waals surface area contributed by atoms with E-state index in [0.29, 0.717) is 5.60 Å². The molecule has 3 fully saturated rings. The SMILES string of the molecule is C1COC2(C1)CNC1C[C@@H]12. The fourth-order valence-corrected chi connectivity index (χ4v) is 2.59. The van der Waals surface area contributed by atoms with Crippen LogP contribution >= 0.6 is 0 Å². The molecule has 0 radical (unpaired) electrons. The Labute approximate surface area is 60.9 Å². The average molecular weight is 139 g/mol. The molecule has 0 aromatic heterocycles. The second kappa shape index (κ2) is 1.56. The number of ether oxygens (including phenoxy) is 1. The Bertz CT molecular complexity index is 157. The molecule has 1 spiro atoms. The predicted molar refractivity (Wildman–Crippen MR) is 37.8 cm³/mol. The molecule has 3 rings (SSSR count). The maximum Gasteiger partial charge on any atom is 0.0850 e. The smallest absolute Gasteiger partial charge is 0.0850 e. The molecule has 10 heavy (non-hydrogen) atoms. The zero-order valence-corrected chi connectivity index (χ0v) is 6.10. The summed E-state index contributed by atoms with van der Waals surface area (Å²) in [7, 11) is 0. The molecule has 0 aromatic rings. The molecule has 2 heteroatoms. The minimum absolute atomic E-state index is 0.310. The third-order valence-electron chi connectivity index (χ3n) is 3.26. The summed E-state index contributed by atoms with van der Waals surface area (Å²) in [5, 5.41) is 3.50. The van der Waals surface area contributed by atoms with Gasteiger partial charge in [0.05, 0.1) is 5.60 Å². The Balaban J connectivity index is 1.89. The van der Waals surface area contributed by atoms with E-state index in [2.05, 4.69) is 5.32 Å². The molecule has 0 amide bonds. The molecule has 3 atom stereocenters. The first kappa shape index (κ1) is 5.56. The van der Waals surface area contributed by atoms with Crippen molar-refractivity contribution in [2.24, 2.45) is 5.92 Å². The standard InChI is InChI=1S/C8H13NO/c1-2-8(10-3-1)5-9-7-4-6(7)8/h6-7,9H,1-5H2/t6-,7?,8?/m0/s1. The van der Waals surface area contributed by atoms with Gasteiger partial charge in [0.1, 0.15) is 0 Å². The molecule has 56 valence electrons. The van der Waals surface area contributed by atoms with Crippen LogP contribution in [0.1, 0.15) is 19.3 Å². The van der Waals surface area contributed by atoms with Gasteiger partial charge in [0.15, 0.2) is 0 Å². The monoisotopic (exact) mass is 139 g/mol. The fraction of sp³-hybridized carbons (Fsp3) is 1.00. The van der Waals surface area contributed by atoms with Gasteiger partial charge < -0.3 is 10.1 Å². The van der Waals surface area contributed by atoms with Crippen molar-refractivity contribution in [2.75, 3.05) is 13.2 Å². The predicted octanol–water partition coefficient (Wildman–Crippen LogP) is 0.527. The van der Waals surface area contributed by atoms with Crippen molar-refractivity contribution < 1.29 is 4.74 Å². The van der Waals surface area contributed by atoms with Crippen LogP contribution in [0.2, 0.25) is 0 Å². The summed E-state index contributed by atoms with van der Waals surface area (Å²) in [6.07, 6.45) is 3.96. The number of nitrogens with one attached hydrogen (secondary N) is 1. The van der Waals surface area contributed by atoms with Gasteiger partial charge in [0.25, 0.3) is 0 Å². The Morgan fingerprint density at radius 2 is 2.50 bits per heavy atom. The summed E-state index contributed by atoms with van der Waals surface area (Å²) in [5.74, 6) is 0.884. The van der Waals surface area contributed by atoms with E-state index < -0.39 is 0 Å². The highest BCUT2D eigenvalue weighted by atomic mass is 16.5. The maximum atomic E-state index is 5.79. The summed E-state index contributed by atoms with van der Waals surface area (Å²) in [5.41, 5.74) is 0.310. The lowest BCUT2D eigenvalue weighted by atomic mass is 9.96. The van der Waals surface area contributed by atoms with Gasteiger partial charge in [-0.05, 0) is 19.3 Å². The quantitative estimate of drug-likeness (QED) is 0.528. The molecular formula is C8H13NO. The summed E-state index contributed by atoms with van der Waals surface area (Å²) in [4.78, 5) is 0. The van der Waals surface area contributed by atoms with E-state index in [1.54, 1.807) is 0 Å². The van der Waals surface area contributed by atoms with Crippen LogP contribution in [0.25, 0.3) is 0 Å². The zero-order valence-electron chi connectivity index (χ0n) is 6.10. The Morgan fingerprint density at radius 1 is 1.50 bits per heavy atom. The molecule has 3 aliphatic rings. The van der Waals surface area contributed by atoms with Gasteiger partial charge in [-0.15, -0.1) is 0 Å². The van der Waals surface area contributed by atoms with Gasteiger partial charge in [-0.25, -0.2) is 0 Å². The number of fused-ring (bicyclic) bond motifs is 2. The van der Waals surface area contributed by atoms with E-state index in [0.717, 1.165) is 25.1 Å². The summed E-state index contributed by atoms with van der Waals surface area (Å²) >= 11 is 0. The summed E-state index contributed by atoms with van der Waals surface area (Å²) < 4.78 is 5.79. The minimum atomic E-state index is 0.310. The van der Waals surface area contributed by atoms with Gasteiger partial charge in [-0.1, -0.05) is 0 Å². The maximum absolute atomic E-state index is 5.79. The van der Waals surface area contributed by atoms with Crippen LogP contribution in [-0.2, 0) is 4.74 Å². The number of hydrogen-bond donors (Lipinski definition) is 1.